The molecule has 0 saturated heterocycles. The minimum absolute atomic E-state index is 0.00519. The smallest absolute Gasteiger partial charge is 0.267 e. The van der Waals surface area contributed by atoms with Gasteiger partial charge >= 0.3 is 0 Å². The van der Waals surface area contributed by atoms with E-state index in [1.807, 2.05) is 0 Å². The van der Waals surface area contributed by atoms with Crippen molar-refractivity contribution in [2.24, 2.45) is 0 Å². The molecule has 0 bridgehead atoms. The van der Waals surface area contributed by atoms with Crippen LogP contribution >= 0.6 is 0 Å². The van der Waals surface area contributed by atoms with Gasteiger partial charge in [-0.1, -0.05) is 0 Å². The molecule has 0 aliphatic rings. The summed E-state index contributed by atoms with van der Waals surface area (Å²) in [4.78, 5) is 7.59. The monoisotopic (exact) mass is 283 g/mol. The summed E-state index contributed by atoms with van der Waals surface area (Å²) in [5.74, 6) is 0.00519. The summed E-state index contributed by atoms with van der Waals surface area (Å²) in [7, 11) is -3.74. The van der Waals surface area contributed by atoms with Crippen LogP contribution in [0.1, 0.15) is 6.42 Å². The Kier molecular flexibility index (Phi) is 4.07. The van der Waals surface area contributed by atoms with Gasteiger partial charge in [-0.25, -0.2) is 23.1 Å². The molecule has 0 saturated carbocycles. The summed E-state index contributed by atoms with van der Waals surface area (Å²) in [6.07, 6.45) is 6.02. The van der Waals surface area contributed by atoms with E-state index in [1.54, 1.807) is 6.07 Å². The second-order valence-electron chi connectivity index (χ2n) is 3.69. The fourth-order valence-electron chi connectivity index (χ4n) is 1.37. The fraction of sp³-hybridized carbons (Fsp3) is 0.300. The standard InChI is InChI=1S/C10H13N5O3S/c16-6-2-5-15-8-9(7-13-15)19(17,18)14-10-11-3-1-4-12-10/h1,3-4,7-8,16H,2,5-6H2,(H,11,12,14). The highest BCUT2D eigenvalue weighted by atomic mass is 32.2. The molecule has 0 spiro atoms. The molecule has 9 heteroatoms. The maximum absolute atomic E-state index is 12.0. The van der Waals surface area contributed by atoms with Crippen LogP contribution in [0.4, 0.5) is 5.95 Å². The molecule has 8 nitrogen and oxygen atoms in total. The van der Waals surface area contributed by atoms with E-state index in [4.69, 9.17) is 5.11 Å². The average molecular weight is 283 g/mol. The molecule has 0 aliphatic carbocycles. The van der Waals surface area contributed by atoms with E-state index in [1.165, 1.54) is 29.5 Å². The van der Waals surface area contributed by atoms with Gasteiger partial charge in [-0.3, -0.25) is 4.68 Å². The third-order valence-electron chi connectivity index (χ3n) is 2.26. The highest BCUT2D eigenvalue weighted by Crippen LogP contribution is 2.11. The Morgan fingerprint density at radius 2 is 2.05 bits per heavy atom. The zero-order chi connectivity index (χ0) is 13.7. The number of nitrogens with zero attached hydrogens (tertiary/aromatic N) is 4. The van der Waals surface area contributed by atoms with Crippen LogP contribution in [-0.2, 0) is 16.6 Å². The van der Waals surface area contributed by atoms with Gasteiger partial charge in [0.2, 0.25) is 5.95 Å². The SMILES string of the molecule is O=S(=O)(Nc1ncccn1)c1cnn(CCCO)c1. The number of nitrogens with one attached hydrogen (secondary N) is 1. The van der Waals surface area contributed by atoms with Gasteiger partial charge in [-0.05, 0) is 12.5 Å². The second-order valence-corrected chi connectivity index (χ2v) is 5.38. The summed E-state index contributed by atoms with van der Waals surface area (Å²) >= 11 is 0. The van der Waals surface area contributed by atoms with E-state index < -0.39 is 10.0 Å². The largest absolute Gasteiger partial charge is 0.396 e. The number of aromatic nitrogens is 4. The molecular weight excluding hydrogens is 270 g/mol. The molecule has 0 atom stereocenters. The van der Waals surface area contributed by atoms with E-state index in [0.29, 0.717) is 13.0 Å². The minimum atomic E-state index is -3.74. The van der Waals surface area contributed by atoms with Crippen molar-refractivity contribution in [3.05, 3.63) is 30.9 Å². The van der Waals surface area contributed by atoms with Crippen molar-refractivity contribution in [2.45, 2.75) is 17.9 Å². The van der Waals surface area contributed by atoms with Crippen LogP contribution in [0.2, 0.25) is 0 Å². The summed E-state index contributed by atoms with van der Waals surface area (Å²) < 4.78 is 27.7. The van der Waals surface area contributed by atoms with Crippen molar-refractivity contribution in [3.8, 4) is 0 Å². The third-order valence-corrected chi connectivity index (χ3v) is 3.54. The quantitative estimate of drug-likeness (QED) is 0.763. The van der Waals surface area contributed by atoms with Crippen molar-refractivity contribution >= 4 is 16.0 Å². The van der Waals surface area contributed by atoms with Gasteiger partial charge in [0, 0.05) is 31.7 Å². The molecule has 102 valence electrons. The van der Waals surface area contributed by atoms with Gasteiger partial charge in [0.05, 0.1) is 6.20 Å². The lowest BCUT2D eigenvalue weighted by Crippen LogP contribution is -2.14. The molecule has 2 rings (SSSR count). The zero-order valence-corrected chi connectivity index (χ0v) is 10.8. The molecular formula is C10H13N5O3S. The molecule has 19 heavy (non-hydrogen) atoms. The van der Waals surface area contributed by atoms with Crippen LogP contribution < -0.4 is 4.72 Å². The molecule has 2 N–H and O–H groups in total. The van der Waals surface area contributed by atoms with Crippen molar-refractivity contribution in [1.29, 1.82) is 0 Å². The fourth-order valence-corrected chi connectivity index (χ4v) is 2.28. The number of aryl methyl sites for hydroxylation is 1. The van der Waals surface area contributed by atoms with Gasteiger partial charge in [-0.2, -0.15) is 5.10 Å². The Morgan fingerprint density at radius 1 is 1.32 bits per heavy atom. The summed E-state index contributed by atoms with van der Waals surface area (Å²) in [5, 5.41) is 12.6. The van der Waals surface area contributed by atoms with E-state index >= 15 is 0 Å². The Hall–Kier alpha value is -2.00. The molecule has 0 aliphatic heterocycles. The first-order valence-corrected chi connectivity index (χ1v) is 7.03. The van der Waals surface area contributed by atoms with E-state index in [-0.39, 0.29) is 17.5 Å². The molecule has 0 aromatic carbocycles. The molecule has 0 unspecified atom stereocenters. The van der Waals surface area contributed by atoms with Gasteiger partial charge in [0.25, 0.3) is 10.0 Å². The average Bonchev–Trinajstić information content (AvgIpc) is 2.86. The van der Waals surface area contributed by atoms with Gasteiger partial charge in [0.15, 0.2) is 0 Å². The van der Waals surface area contributed by atoms with Gasteiger partial charge in [0.1, 0.15) is 4.90 Å². The lowest BCUT2D eigenvalue weighted by molar-refractivity contribution is 0.277. The number of aliphatic hydroxyl groups excluding tert-OH is 1. The highest BCUT2D eigenvalue weighted by Gasteiger charge is 2.17. The van der Waals surface area contributed by atoms with Crippen molar-refractivity contribution < 1.29 is 13.5 Å². The second kappa shape index (κ2) is 5.76. The lowest BCUT2D eigenvalue weighted by Gasteiger charge is -2.03. The Balaban J connectivity index is 2.13. The van der Waals surface area contributed by atoms with Crippen LogP contribution in [0.25, 0.3) is 0 Å². The van der Waals surface area contributed by atoms with Crippen LogP contribution in [0, 0.1) is 0 Å². The predicted octanol–water partition coefficient (Wildman–Crippen LogP) is -0.144. The minimum Gasteiger partial charge on any atom is -0.396 e. The Morgan fingerprint density at radius 3 is 2.74 bits per heavy atom. The number of rotatable bonds is 6. The molecule has 2 aromatic heterocycles. The van der Waals surface area contributed by atoms with Crippen LogP contribution in [-0.4, -0.2) is 39.9 Å². The summed E-state index contributed by atoms with van der Waals surface area (Å²) in [6.45, 7) is 0.478. The maximum Gasteiger partial charge on any atom is 0.267 e. The zero-order valence-electron chi connectivity index (χ0n) is 9.97. The van der Waals surface area contributed by atoms with Crippen LogP contribution in [0.3, 0.4) is 0 Å². The molecule has 0 fully saturated rings. The van der Waals surface area contributed by atoms with E-state index in [0.717, 1.165) is 0 Å². The van der Waals surface area contributed by atoms with Crippen molar-refractivity contribution in [1.82, 2.24) is 19.7 Å². The van der Waals surface area contributed by atoms with Gasteiger partial charge in [-0.15, -0.1) is 0 Å². The Labute approximate surface area is 110 Å². The topological polar surface area (TPSA) is 110 Å². The number of anilines is 1. The number of sulfonamides is 1. The van der Waals surface area contributed by atoms with E-state index in [2.05, 4.69) is 19.8 Å². The molecule has 2 aromatic rings. The molecule has 2 heterocycles. The third kappa shape index (κ3) is 3.48. The first-order valence-electron chi connectivity index (χ1n) is 5.55. The van der Waals surface area contributed by atoms with Gasteiger partial charge < -0.3 is 5.11 Å². The maximum atomic E-state index is 12.0. The summed E-state index contributed by atoms with van der Waals surface area (Å²) in [5.41, 5.74) is 0. The Bertz CT molecular complexity index is 626. The van der Waals surface area contributed by atoms with Crippen molar-refractivity contribution in [3.63, 3.8) is 0 Å². The normalized spacial score (nSPS) is 11.4. The number of hydrogen-bond acceptors (Lipinski definition) is 6. The first kappa shape index (κ1) is 13.4. The first-order chi connectivity index (χ1) is 9.12. The highest BCUT2D eigenvalue weighted by molar-refractivity contribution is 7.92. The molecule has 0 radical (unpaired) electrons. The number of aliphatic hydroxyl groups is 1. The van der Waals surface area contributed by atoms with Crippen LogP contribution in [0.15, 0.2) is 35.7 Å². The molecule has 0 amide bonds. The number of hydrogen-bond donors (Lipinski definition) is 2. The lowest BCUT2D eigenvalue weighted by atomic mass is 10.5. The summed E-state index contributed by atoms with van der Waals surface area (Å²) in [6, 6.07) is 1.59. The van der Waals surface area contributed by atoms with Crippen molar-refractivity contribution in [2.75, 3.05) is 11.3 Å². The van der Waals surface area contributed by atoms with Crippen LogP contribution in [0.5, 0.6) is 0 Å². The van der Waals surface area contributed by atoms with E-state index in [9.17, 15) is 8.42 Å². The predicted molar refractivity (Wildman–Crippen MR) is 66.8 cm³/mol.